The topological polar surface area (TPSA) is 93.5 Å². The number of likely N-dealkylation sites (N-methyl/N-ethyl adjacent to an activating group) is 1. The van der Waals surface area contributed by atoms with E-state index in [0.29, 0.717) is 18.8 Å². The number of ether oxygens (including phenoxy) is 1. The fraction of sp³-hybridized carbons (Fsp3) is 0.400. The summed E-state index contributed by atoms with van der Waals surface area (Å²) in [6, 6.07) is 4.43. The predicted octanol–water partition coefficient (Wildman–Crippen LogP) is -0.225. The molecule has 1 rings (SSSR count). The Kier molecular flexibility index (Phi) is 4.73. The van der Waals surface area contributed by atoms with E-state index in [4.69, 9.17) is 10.5 Å². The molecule has 0 fully saturated rings. The van der Waals surface area contributed by atoms with Crippen molar-refractivity contribution in [3.63, 3.8) is 0 Å². The summed E-state index contributed by atoms with van der Waals surface area (Å²) in [7, 11) is -0.410. The largest absolute Gasteiger partial charge is 0.495 e. The van der Waals surface area contributed by atoms with E-state index < -0.39 is 10.0 Å². The summed E-state index contributed by atoms with van der Waals surface area (Å²) >= 11 is 0. The van der Waals surface area contributed by atoms with Gasteiger partial charge in [-0.05, 0) is 19.2 Å². The molecule has 0 aliphatic heterocycles. The number of sulfonamides is 1. The van der Waals surface area contributed by atoms with Crippen LogP contribution in [0.3, 0.4) is 0 Å². The van der Waals surface area contributed by atoms with Crippen molar-refractivity contribution in [2.45, 2.75) is 4.90 Å². The molecule has 0 saturated carbocycles. The van der Waals surface area contributed by atoms with E-state index in [9.17, 15) is 8.42 Å². The van der Waals surface area contributed by atoms with Crippen LogP contribution in [0, 0.1) is 0 Å². The summed E-state index contributed by atoms with van der Waals surface area (Å²) in [4.78, 5) is 0.0882. The Morgan fingerprint density at radius 3 is 2.65 bits per heavy atom. The minimum atomic E-state index is -3.56. The molecule has 1 aromatic rings. The monoisotopic (exact) mass is 259 g/mol. The molecule has 96 valence electrons. The molecule has 4 N–H and O–H groups in total. The van der Waals surface area contributed by atoms with Gasteiger partial charge in [-0.2, -0.15) is 0 Å². The Morgan fingerprint density at radius 2 is 2.06 bits per heavy atom. The van der Waals surface area contributed by atoms with Crippen LogP contribution in [0.4, 0.5) is 5.69 Å². The van der Waals surface area contributed by atoms with Crippen LogP contribution in [-0.4, -0.2) is 35.7 Å². The maximum absolute atomic E-state index is 11.9. The van der Waals surface area contributed by atoms with Crippen LogP contribution in [0.25, 0.3) is 0 Å². The molecule has 0 heterocycles. The van der Waals surface area contributed by atoms with E-state index in [1.165, 1.54) is 25.3 Å². The van der Waals surface area contributed by atoms with Crippen LogP contribution in [0.5, 0.6) is 5.75 Å². The molecule has 7 heteroatoms. The second kappa shape index (κ2) is 5.85. The summed E-state index contributed by atoms with van der Waals surface area (Å²) in [5.41, 5.74) is 6.02. The van der Waals surface area contributed by atoms with E-state index in [0.717, 1.165) is 0 Å². The van der Waals surface area contributed by atoms with Crippen LogP contribution in [0.1, 0.15) is 0 Å². The van der Waals surface area contributed by atoms with Crippen LogP contribution in [0.2, 0.25) is 0 Å². The van der Waals surface area contributed by atoms with Gasteiger partial charge in [-0.15, -0.1) is 0 Å². The maximum atomic E-state index is 11.9. The van der Waals surface area contributed by atoms with Gasteiger partial charge in [-0.1, -0.05) is 0 Å². The van der Waals surface area contributed by atoms with E-state index in [2.05, 4.69) is 10.0 Å². The Balaban J connectivity index is 2.98. The van der Waals surface area contributed by atoms with E-state index >= 15 is 0 Å². The van der Waals surface area contributed by atoms with Crippen molar-refractivity contribution < 1.29 is 13.2 Å². The first-order valence-corrected chi connectivity index (χ1v) is 6.57. The first kappa shape index (κ1) is 13.8. The van der Waals surface area contributed by atoms with Gasteiger partial charge in [0.15, 0.2) is 0 Å². The lowest BCUT2D eigenvalue weighted by molar-refractivity contribution is 0.402. The van der Waals surface area contributed by atoms with E-state index in [1.54, 1.807) is 7.05 Å². The van der Waals surface area contributed by atoms with Crippen LogP contribution >= 0.6 is 0 Å². The number of hydrogen-bond acceptors (Lipinski definition) is 5. The number of nitrogens with one attached hydrogen (secondary N) is 2. The van der Waals surface area contributed by atoms with E-state index in [-0.39, 0.29) is 10.6 Å². The third kappa shape index (κ3) is 3.58. The highest BCUT2D eigenvalue weighted by atomic mass is 32.2. The van der Waals surface area contributed by atoms with Gasteiger partial charge in [0.1, 0.15) is 10.6 Å². The number of methoxy groups -OCH3 is 1. The van der Waals surface area contributed by atoms with E-state index in [1.807, 2.05) is 0 Å². The number of nitrogen functional groups attached to an aromatic ring is 1. The fourth-order valence-corrected chi connectivity index (χ4v) is 2.47. The molecule has 6 nitrogen and oxygen atoms in total. The second-order valence-corrected chi connectivity index (χ2v) is 5.15. The summed E-state index contributed by atoms with van der Waals surface area (Å²) in [6.45, 7) is 0.864. The molecular weight excluding hydrogens is 242 g/mol. The first-order valence-electron chi connectivity index (χ1n) is 5.09. The zero-order chi connectivity index (χ0) is 12.9. The minimum Gasteiger partial charge on any atom is -0.495 e. The highest BCUT2D eigenvalue weighted by molar-refractivity contribution is 7.89. The Bertz CT molecular complexity index is 474. The molecule has 0 aliphatic carbocycles. The number of nitrogens with two attached hydrogens (primary N) is 1. The standard InChI is InChI=1S/C10H17N3O3S/c1-12-5-6-13-17(14,15)10-4-3-8(11)7-9(10)16-2/h3-4,7,12-13H,5-6,11H2,1-2H3. The third-order valence-corrected chi connectivity index (χ3v) is 3.64. The summed E-state index contributed by atoms with van der Waals surface area (Å²) in [5.74, 6) is 0.238. The van der Waals surface area contributed by atoms with Gasteiger partial charge in [0.25, 0.3) is 0 Å². The third-order valence-electron chi connectivity index (χ3n) is 2.14. The summed E-state index contributed by atoms with van der Waals surface area (Å²) < 4.78 is 31.3. The summed E-state index contributed by atoms with van der Waals surface area (Å²) in [5, 5.41) is 2.85. The van der Waals surface area contributed by atoms with Crippen molar-refractivity contribution in [3.8, 4) is 5.75 Å². The molecule has 0 aliphatic rings. The Hall–Kier alpha value is -1.31. The first-order chi connectivity index (χ1) is 8.01. The van der Waals surface area contributed by atoms with Crippen LogP contribution < -0.4 is 20.5 Å². The molecule has 0 radical (unpaired) electrons. The predicted molar refractivity (Wildman–Crippen MR) is 66.5 cm³/mol. The van der Waals surface area contributed by atoms with Crippen molar-refractivity contribution in [1.29, 1.82) is 0 Å². The van der Waals surface area contributed by atoms with Gasteiger partial charge in [-0.3, -0.25) is 0 Å². The molecule has 0 spiro atoms. The number of hydrogen-bond donors (Lipinski definition) is 3. The van der Waals surface area contributed by atoms with Crippen molar-refractivity contribution >= 4 is 15.7 Å². The zero-order valence-electron chi connectivity index (χ0n) is 9.86. The van der Waals surface area contributed by atoms with Gasteiger partial charge in [-0.25, -0.2) is 13.1 Å². The number of anilines is 1. The van der Waals surface area contributed by atoms with Gasteiger partial charge in [0, 0.05) is 24.8 Å². The maximum Gasteiger partial charge on any atom is 0.244 e. The van der Waals surface area contributed by atoms with Gasteiger partial charge < -0.3 is 15.8 Å². The normalized spacial score (nSPS) is 11.4. The van der Waals surface area contributed by atoms with Gasteiger partial charge in [0.05, 0.1) is 7.11 Å². The quantitative estimate of drug-likeness (QED) is 0.485. The highest BCUT2D eigenvalue weighted by Gasteiger charge is 2.18. The molecule has 0 aromatic heterocycles. The average Bonchev–Trinajstić information content (AvgIpc) is 2.28. The second-order valence-electron chi connectivity index (χ2n) is 3.41. The molecule has 1 aromatic carbocycles. The molecular formula is C10H17N3O3S. The molecule has 0 saturated heterocycles. The molecule has 0 amide bonds. The highest BCUT2D eigenvalue weighted by Crippen LogP contribution is 2.25. The van der Waals surface area contributed by atoms with Crippen LogP contribution in [-0.2, 0) is 10.0 Å². The lowest BCUT2D eigenvalue weighted by Crippen LogP contribution is -2.30. The Labute approximate surface area is 101 Å². The molecule has 17 heavy (non-hydrogen) atoms. The molecule has 0 atom stereocenters. The van der Waals surface area contributed by atoms with Gasteiger partial charge in [0.2, 0.25) is 10.0 Å². The number of benzene rings is 1. The lowest BCUT2D eigenvalue weighted by atomic mass is 10.3. The SMILES string of the molecule is CNCCNS(=O)(=O)c1ccc(N)cc1OC. The summed E-state index contributed by atoms with van der Waals surface area (Å²) in [6.07, 6.45) is 0. The van der Waals surface area contributed by atoms with Crippen molar-refractivity contribution in [3.05, 3.63) is 18.2 Å². The van der Waals surface area contributed by atoms with Gasteiger partial charge >= 0.3 is 0 Å². The van der Waals surface area contributed by atoms with Crippen molar-refractivity contribution in [2.75, 3.05) is 33.0 Å². The molecule has 0 bridgehead atoms. The number of rotatable bonds is 6. The fourth-order valence-electron chi connectivity index (χ4n) is 1.29. The molecule has 0 unspecified atom stereocenters. The minimum absolute atomic E-state index is 0.0882. The lowest BCUT2D eigenvalue weighted by Gasteiger charge is -2.11. The smallest absolute Gasteiger partial charge is 0.244 e. The average molecular weight is 259 g/mol. The zero-order valence-corrected chi connectivity index (χ0v) is 10.7. The van der Waals surface area contributed by atoms with Crippen molar-refractivity contribution in [1.82, 2.24) is 10.0 Å². The van der Waals surface area contributed by atoms with Crippen LogP contribution in [0.15, 0.2) is 23.1 Å². The van der Waals surface area contributed by atoms with Crippen molar-refractivity contribution in [2.24, 2.45) is 0 Å². The Morgan fingerprint density at radius 1 is 1.35 bits per heavy atom.